The topological polar surface area (TPSA) is 83.5 Å². The molecule has 0 fully saturated rings. The van der Waals surface area contributed by atoms with Gasteiger partial charge in [-0.1, -0.05) is 6.07 Å². The maximum Gasteiger partial charge on any atom is 0.266 e. The smallest absolute Gasteiger partial charge is 0.266 e. The quantitative estimate of drug-likeness (QED) is 0.738. The van der Waals surface area contributed by atoms with Gasteiger partial charge in [0.05, 0.1) is 10.6 Å². The maximum atomic E-state index is 11.2. The third-order valence-electron chi connectivity index (χ3n) is 1.39. The Hall–Kier alpha value is -0.920. The van der Waals surface area contributed by atoms with E-state index in [1.807, 2.05) is 0 Å². The summed E-state index contributed by atoms with van der Waals surface area (Å²) >= 11 is 1.26. The summed E-state index contributed by atoms with van der Waals surface area (Å²) in [5.74, 6) is -0.798. The van der Waals surface area contributed by atoms with Crippen LogP contribution < -0.4 is 5.32 Å². The van der Waals surface area contributed by atoms with Gasteiger partial charge in [-0.05, 0) is 11.4 Å². The van der Waals surface area contributed by atoms with Gasteiger partial charge in [0.1, 0.15) is 0 Å². The fraction of sp³-hybridized carbons (Fsp3) is 0.286. The lowest BCUT2D eigenvalue weighted by molar-refractivity contribution is 0.0960. The predicted molar refractivity (Wildman–Crippen MR) is 53.1 cm³/mol. The Bertz CT molecular complexity index is 395. The Kier molecular flexibility index (Phi) is 3.62. The lowest BCUT2D eigenvalue weighted by Gasteiger charge is -2.00. The molecule has 1 aromatic heterocycles. The van der Waals surface area contributed by atoms with E-state index in [4.69, 9.17) is 4.55 Å². The normalized spacial score (nSPS) is 11.2. The van der Waals surface area contributed by atoms with Crippen molar-refractivity contribution in [1.29, 1.82) is 0 Å². The zero-order valence-corrected chi connectivity index (χ0v) is 8.77. The molecule has 2 N–H and O–H groups in total. The van der Waals surface area contributed by atoms with Gasteiger partial charge in [0.25, 0.3) is 16.0 Å². The zero-order valence-electron chi connectivity index (χ0n) is 7.13. The third-order valence-corrected chi connectivity index (χ3v) is 2.98. The molecular formula is C7H9NO4S2. The molecular weight excluding hydrogens is 226 g/mol. The summed E-state index contributed by atoms with van der Waals surface area (Å²) in [6.07, 6.45) is 0. The van der Waals surface area contributed by atoms with Crippen LogP contribution >= 0.6 is 11.3 Å². The zero-order chi connectivity index (χ0) is 10.6. The van der Waals surface area contributed by atoms with E-state index >= 15 is 0 Å². The van der Waals surface area contributed by atoms with Crippen molar-refractivity contribution in [1.82, 2.24) is 5.32 Å². The van der Waals surface area contributed by atoms with Crippen molar-refractivity contribution >= 4 is 27.4 Å². The second-order valence-corrected chi connectivity index (χ2v) is 5.04. The van der Waals surface area contributed by atoms with Crippen molar-refractivity contribution in [2.75, 3.05) is 12.3 Å². The van der Waals surface area contributed by atoms with Crippen molar-refractivity contribution in [2.45, 2.75) is 0 Å². The first-order chi connectivity index (χ1) is 6.49. The second-order valence-electron chi connectivity index (χ2n) is 2.52. The molecule has 0 aliphatic heterocycles. The molecule has 0 aliphatic carbocycles. The molecule has 7 heteroatoms. The lowest BCUT2D eigenvalue weighted by Crippen LogP contribution is -2.28. The van der Waals surface area contributed by atoms with E-state index in [9.17, 15) is 13.2 Å². The largest absolute Gasteiger partial charge is 0.350 e. The summed E-state index contributed by atoms with van der Waals surface area (Å²) in [6.45, 7) is -0.0877. The van der Waals surface area contributed by atoms with Crippen LogP contribution in [0.2, 0.25) is 0 Å². The summed E-state index contributed by atoms with van der Waals surface area (Å²) in [4.78, 5) is 11.7. The minimum Gasteiger partial charge on any atom is -0.350 e. The van der Waals surface area contributed by atoms with E-state index in [-0.39, 0.29) is 12.5 Å². The first-order valence-electron chi connectivity index (χ1n) is 3.76. The Morgan fingerprint density at radius 3 is 2.79 bits per heavy atom. The number of carbonyl (C=O) groups is 1. The van der Waals surface area contributed by atoms with Gasteiger partial charge in [0, 0.05) is 6.54 Å². The van der Waals surface area contributed by atoms with Crippen molar-refractivity contribution in [2.24, 2.45) is 0 Å². The summed E-state index contributed by atoms with van der Waals surface area (Å²) in [5, 5.41) is 4.12. The summed E-state index contributed by atoms with van der Waals surface area (Å²) in [5.41, 5.74) is 0. The van der Waals surface area contributed by atoms with E-state index in [2.05, 4.69) is 5.32 Å². The van der Waals surface area contributed by atoms with Gasteiger partial charge in [-0.3, -0.25) is 9.35 Å². The Labute approximate surface area is 85.5 Å². The average Bonchev–Trinajstić information content (AvgIpc) is 2.53. The van der Waals surface area contributed by atoms with E-state index in [1.165, 1.54) is 11.3 Å². The minimum atomic E-state index is -4.00. The number of nitrogens with one attached hydrogen (secondary N) is 1. The van der Waals surface area contributed by atoms with Crippen molar-refractivity contribution in [3.8, 4) is 0 Å². The number of carbonyl (C=O) groups excluding carboxylic acids is 1. The molecule has 78 valence electrons. The molecule has 0 saturated carbocycles. The molecule has 1 amide bonds. The van der Waals surface area contributed by atoms with Crippen LogP contribution in [0.5, 0.6) is 0 Å². The standard InChI is InChI=1S/C7H9NO4S2/c9-7(6-2-1-4-13-6)8-3-5-14(10,11)12/h1-2,4H,3,5H2,(H,8,9)(H,10,11,12). The molecule has 1 aromatic rings. The highest BCUT2D eigenvalue weighted by Crippen LogP contribution is 2.07. The average molecular weight is 235 g/mol. The highest BCUT2D eigenvalue weighted by molar-refractivity contribution is 7.85. The maximum absolute atomic E-state index is 11.2. The molecule has 5 nitrogen and oxygen atoms in total. The third kappa shape index (κ3) is 3.86. The van der Waals surface area contributed by atoms with E-state index in [0.717, 1.165) is 0 Å². The summed E-state index contributed by atoms with van der Waals surface area (Å²) < 4.78 is 29.0. The molecule has 1 heterocycles. The van der Waals surface area contributed by atoms with E-state index in [0.29, 0.717) is 4.88 Å². The van der Waals surface area contributed by atoms with Crippen LogP contribution in [0, 0.1) is 0 Å². The molecule has 14 heavy (non-hydrogen) atoms. The van der Waals surface area contributed by atoms with Crippen LogP contribution in [0.1, 0.15) is 9.67 Å². The van der Waals surface area contributed by atoms with Crippen LogP contribution in [0.25, 0.3) is 0 Å². The van der Waals surface area contributed by atoms with Gasteiger partial charge < -0.3 is 5.32 Å². The van der Waals surface area contributed by atoms with E-state index < -0.39 is 15.9 Å². The highest BCUT2D eigenvalue weighted by Gasteiger charge is 2.08. The second kappa shape index (κ2) is 4.54. The van der Waals surface area contributed by atoms with Gasteiger partial charge in [-0.15, -0.1) is 11.3 Å². The van der Waals surface area contributed by atoms with Crippen molar-refractivity contribution < 1.29 is 17.8 Å². The molecule has 0 radical (unpaired) electrons. The summed E-state index contributed by atoms with van der Waals surface area (Å²) in [7, 11) is -4.00. The molecule has 0 bridgehead atoms. The van der Waals surface area contributed by atoms with Gasteiger partial charge in [0.2, 0.25) is 0 Å². The lowest BCUT2D eigenvalue weighted by atomic mass is 10.4. The monoisotopic (exact) mass is 235 g/mol. The molecule has 0 unspecified atom stereocenters. The fourth-order valence-electron chi connectivity index (χ4n) is 0.788. The molecule has 0 atom stereocenters. The highest BCUT2D eigenvalue weighted by atomic mass is 32.2. The number of amides is 1. The predicted octanol–water partition coefficient (Wildman–Crippen LogP) is 0.366. The van der Waals surface area contributed by atoms with Crippen molar-refractivity contribution in [3.05, 3.63) is 22.4 Å². The van der Waals surface area contributed by atoms with Crippen molar-refractivity contribution in [3.63, 3.8) is 0 Å². The van der Waals surface area contributed by atoms with Gasteiger partial charge in [-0.2, -0.15) is 8.42 Å². The van der Waals surface area contributed by atoms with E-state index in [1.54, 1.807) is 17.5 Å². The summed E-state index contributed by atoms with van der Waals surface area (Å²) in [6, 6.07) is 3.36. The molecule has 0 spiro atoms. The van der Waals surface area contributed by atoms with Crippen LogP contribution in [-0.2, 0) is 10.1 Å². The van der Waals surface area contributed by atoms with Crippen LogP contribution in [0.15, 0.2) is 17.5 Å². The van der Waals surface area contributed by atoms with Crippen LogP contribution in [0.3, 0.4) is 0 Å². The minimum absolute atomic E-state index is 0.0877. The Morgan fingerprint density at radius 1 is 1.57 bits per heavy atom. The first-order valence-corrected chi connectivity index (χ1v) is 6.25. The van der Waals surface area contributed by atoms with Crippen LogP contribution in [0.4, 0.5) is 0 Å². The number of rotatable bonds is 4. The van der Waals surface area contributed by atoms with Crippen LogP contribution in [-0.4, -0.2) is 31.2 Å². The molecule has 1 rings (SSSR count). The van der Waals surface area contributed by atoms with Gasteiger partial charge in [0.15, 0.2) is 0 Å². The number of thiophene rings is 1. The molecule has 0 aromatic carbocycles. The first kappa shape index (κ1) is 11.2. The SMILES string of the molecule is O=C(NCCS(=O)(=O)O)c1cccs1. The number of hydrogen-bond acceptors (Lipinski definition) is 4. The van der Waals surface area contributed by atoms with Gasteiger partial charge in [-0.25, -0.2) is 0 Å². The molecule has 0 saturated heterocycles. The fourth-order valence-corrected chi connectivity index (χ4v) is 1.79. The number of hydrogen-bond donors (Lipinski definition) is 2. The Balaban J connectivity index is 2.37. The molecule has 0 aliphatic rings. The Morgan fingerprint density at radius 2 is 2.29 bits per heavy atom. The van der Waals surface area contributed by atoms with Gasteiger partial charge >= 0.3 is 0 Å².